The first kappa shape index (κ1) is 24.8. The van der Waals surface area contributed by atoms with Gasteiger partial charge in [-0.15, -0.1) is 0 Å². The number of piperazine rings is 1. The van der Waals surface area contributed by atoms with Crippen LogP contribution in [0.4, 0.5) is 11.4 Å². The molecule has 0 radical (unpaired) electrons. The number of pyridine rings is 2. The fourth-order valence-corrected chi connectivity index (χ4v) is 6.09. The van der Waals surface area contributed by atoms with Crippen LogP contribution in [0.3, 0.4) is 0 Å². The Bertz CT molecular complexity index is 1670. The van der Waals surface area contributed by atoms with E-state index in [0.717, 1.165) is 91.1 Å². The van der Waals surface area contributed by atoms with Gasteiger partial charge in [0.25, 0.3) is 0 Å². The van der Waals surface area contributed by atoms with Crippen molar-refractivity contribution in [3.05, 3.63) is 54.9 Å². The molecule has 5 aromatic rings. The summed E-state index contributed by atoms with van der Waals surface area (Å²) in [7, 11) is 2.18. The smallest absolute Gasteiger partial charge is 0.227 e. The number of nitrogens with zero attached hydrogens (tertiary/aromatic N) is 5. The number of rotatable bonds is 5. The Labute approximate surface area is 233 Å². The summed E-state index contributed by atoms with van der Waals surface area (Å²) in [5.74, 6) is 0.183. The van der Waals surface area contributed by atoms with Crippen LogP contribution in [-0.4, -0.2) is 69.2 Å². The summed E-state index contributed by atoms with van der Waals surface area (Å²) in [6.45, 7) is 4.15. The highest BCUT2D eigenvalue weighted by Crippen LogP contribution is 2.34. The van der Waals surface area contributed by atoms with E-state index in [0.29, 0.717) is 5.69 Å². The number of aromatic nitrogens is 5. The topological polar surface area (TPSA) is 106 Å². The molecule has 9 nitrogen and oxygen atoms in total. The second kappa shape index (κ2) is 10.4. The molecule has 0 atom stereocenters. The number of hydrogen-bond donors (Lipinski definition) is 3. The van der Waals surface area contributed by atoms with Gasteiger partial charge in [0.05, 0.1) is 28.8 Å². The van der Waals surface area contributed by atoms with Gasteiger partial charge in [-0.05, 0) is 56.3 Å². The molecule has 0 unspecified atom stereocenters. The number of fused-ring (bicyclic) bond motifs is 2. The van der Waals surface area contributed by atoms with E-state index >= 15 is 0 Å². The predicted molar refractivity (Wildman–Crippen MR) is 159 cm³/mol. The predicted octanol–water partition coefficient (Wildman–Crippen LogP) is 5.44. The molecule has 0 bridgehead atoms. The molecular weight excluding hydrogens is 500 g/mol. The molecular formula is C31H34N8O. The summed E-state index contributed by atoms with van der Waals surface area (Å²) in [6.07, 6.45) is 8.89. The lowest BCUT2D eigenvalue weighted by molar-refractivity contribution is -0.120. The van der Waals surface area contributed by atoms with E-state index in [9.17, 15) is 4.79 Å². The Morgan fingerprint density at radius 1 is 0.975 bits per heavy atom. The largest absolute Gasteiger partial charge is 0.368 e. The van der Waals surface area contributed by atoms with Crippen molar-refractivity contribution in [1.29, 1.82) is 0 Å². The van der Waals surface area contributed by atoms with Gasteiger partial charge in [0.1, 0.15) is 11.2 Å². The number of H-pyrrole nitrogens is 2. The molecule has 1 amide bonds. The van der Waals surface area contributed by atoms with Crippen molar-refractivity contribution in [3.63, 3.8) is 0 Å². The molecule has 1 aliphatic carbocycles. The van der Waals surface area contributed by atoms with Gasteiger partial charge in [0.15, 0.2) is 0 Å². The number of amides is 1. The Kier molecular flexibility index (Phi) is 6.43. The number of nitrogens with one attached hydrogen (secondary N) is 3. The third-order valence-corrected chi connectivity index (χ3v) is 8.43. The molecule has 9 heteroatoms. The van der Waals surface area contributed by atoms with Gasteiger partial charge in [0.2, 0.25) is 5.91 Å². The zero-order valence-electron chi connectivity index (χ0n) is 22.8. The molecule has 0 spiro atoms. The van der Waals surface area contributed by atoms with Crippen LogP contribution in [0.2, 0.25) is 0 Å². The quantitative estimate of drug-likeness (QED) is 0.277. The van der Waals surface area contributed by atoms with E-state index in [2.05, 4.69) is 66.6 Å². The van der Waals surface area contributed by atoms with E-state index in [1.807, 2.05) is 18.2 Å². The van der Waals surface area contributed by atoms with Crippen molar-refractivity contribution in [2.45, 2.75) is 32.1 Å². The molecule has 5 heterocycles. The monoisotopic (exact) mass is 534 g/mol. The molecule has 1 aromatic carbocycles. The van der Waals surface area contributed by atoms with Gasteiger partial charge in [-0.3, -0.25) is 14.9 Å². The molecule has 2 aliphatic rings. The number of aromatic amines is 2. The van der Waals surface area contributed by atoms with Crippen molar-refractivity contribution in [2.75, 3.05) is 43.4 Å². The van der Waals surface area contributed by atoms with Gasteiger partial charge in [-0.25, -0.2) is 4.98 Å². The van der Waals surface area contributed by atoms with Crippen LogP contribution in [0.1, 0.15) is 32.1 Å². The van der Waals surface area contributed by atoms with Crippen molar-refractivity contribution < 1.29 is 4.79 Å². The average Bonchev–Trinajstić information content (AvgIpc) is 3.62. The highest BCUT2D eigenvalue weighted by atomic mass is 16.1. The van der Waals surface area contributed by atoms with E-state index < -0.39 is 0 Å². The molecule has 3 N–H and O–H groups in total. The van der Waals surface area contributed by atoms with Crippen molar-refractivity contribution in [3.8, 4) is 22.6 Å². The number of carbonyl (C=O) groups excluding carboxylic acids is 1. The van der Waals surface area contributed by atoms with Crippen molar-refractivity contribution in [2.24, 2.45) is 5.92 Å². The van der Waals surface area contributed by atoms with Crippen LogP contribution in [0.15, 0.2) is 54.9 Å². The van der Waals surface area contributed by atoms with E-state index in [4.69, 9.17) is 4.98 Å². The molecule has 2 fully saturated rings. The third-order valence-electron chi connectivity index (χ3n) is 8.43. The molecule has 7 rings (SSSR count). The van der Waals surface area contributed by atoms with E-state index in [1.165, 1.54) is 17.5 Å². The van der Waals surface area contributed by atoms with Gasteiger partial charge in [-0.1, -0.05) is 25.3 Å². The molecule has 1 saturated carbocycles. The highest BCUT2D eigenvalue weighted by molar-refractivity contribution is 5.99. The van der Waals surface area contributed by atoms with Crippen LogP contribution in [-0.2, 0) is 4.79 Å². The maximum absolute atomic E-state index is 12.8. The standard InChI is InChI=1S/C31H34N8O/c1-38-12-14-39(15-13-38)28-9-5-8-25-23(28)17-27(34-25)30-29-26(36-37-30)11-10-24(35-29)21-16-22(19-32-18-21)33-31(40)20-6-3-2-4-7-20/h5,8-11,16-20,34H,2-4,6-7,12-15H2,1H3,(H,33,40)(H,36,37). The first-order valence-corrected chi connectivity index (χ1v) is 14.3. The number of benzene rings is 1. The lowest BCUT2D eigenvalue weighted by Gasteiger charge is -2.34. The molecule has 1 saturated heterocycles. The number of hydrogen-bond acceptors (Lipinski definition) is 6. The van der Waals surface area contributed by atoms with Crippen LogP contribution >= 0.6 is 0 Å². The van der Waals surface area contributed by atoms with Crippen LogP contribution in [0.25, 0.3) is 44.6 Å². The van der Waals surface area contributed by atoms with Crippen molar-refractivity contribution >= 4 is 39.2 Å². The normalized spacial score (nSPS) is 17.1. The highest BCUT2D eigenvalue weighted by Gasteiger charge is 2.22. The lowest BCUT2D eigenvalue weighted by Crippen LogP contribution is -2.44. The minimum Gasteiger partial charge on any atom is -0.368 e. The van der Waals surface area contributed by atoms with Crippen LogP contribution in [0, 0.1) is 5.92 Å². The van der Waals surface area contributed by atoms with Crippen molar-refractivity contribution in [1.82, 2.24) is 30.0 Å². The summed E-state index contributed by atoms with van der Waals surface area (Å²) >= 11 is 0. The Morgan fingerprint density at radius 2 is 1.82 bits per heavy atom. The average molecular weight is 535 g/mol. The first-order chi connectivity index (χ1) is 19.6. The lowest BCUT2D eigenvalue weighted by atomic mass is 9.88. The molecule has 4 aromatic heterocycles. The summed E-state index contributed by atoms with van der Waals surface area (Å²) in [5.41, 5.74) is 8.05. The number of anilines is 2. The first-order valence-electron chi connectivity index (χ1n) is 14.3. The Balaban J connectivity index is 1.19. The van der Waals surface area contributed by atoms with Gasteiger partial charge >= 0.3 is 0 Å². The summed E-state index contributed by atoms with van der Waals surface area (Å²) in [5, 5.41) is 12.1. The minimum absolute atomic E-state index is 0.0912. The fourth-order valence-electron chi connectivity index (χ4n) is 6.09. The summed E-state index contributed by atoms with van der Waals surface area (Å²) < 4.78 is 0. The molecule has 1 aliphatic heterocycles. The summed E-state index contributed by atoms with van der Waals surface area (Å²) in [6, 6.07) is 14.5. The van der Waals surface area contributed by atoms with E-state index in [1.54, 1.807) is 12.4 Å². The number of likely N-dealkylation sites (N-methyl/N-ethyl adjacent to an activating group) is 1. The maximum Gasteiger partial charge on any atom is 0.227 e. The van der Waals surface area contributed by atoms with E-state index in [-0.39, 0.29) is 11.8 Å². The second-order valence-corrected chi connectivity index (χ2v) is 11.2. The molecule has 40 heavy (non-hydrogen) atoms. The SMILES string of the molecule is CN1CCN(c2cccc3[nH]c(-c4n[nH]c5ccc(-c6cncc(NC(=O)C7CCCCC7)c6)nc45)cc23)CC1. The second-order valence-electron chi connectivity index (χ2n) is 11.2. The summed E-state index contributed by atoms with van der Waals surface area (Å²) in [4.78, 5) is 30.6. The maximum atomic E-state index is 12.8. The fraction of sp³-hybridized carbons (Fsp3) is 0.355. The zero-order valence-corrected chi connectivity index (χ0v) is 22.8. The Hall–Kier alpha value is -4.24. The minimum atomic E-state index is 0.0912. The zero-order chi connectivity index (χ0) is 27.1. The van der Waals surface area contributed by atoms with Gasteiger partial charge < -0.3 is 20.1 Å². The number of carbonyl (C=O) groups is 1. The van der Waals surface area contributed by atoms with Gasteiger partial charge in [-0.2, -0.15) is 5.10 Å². The van der Waals surface area contributed by atoms with Crippen LogP contribution < -0.4 is 10.2 Å². The molecule has 204 valence electrons. The Morgan fingerprint density at radius 3 is 2.67 bits per heavy atom. The third kappa shape index (κ3) is 4.70. The van der Waals surface area contributed by atoms with Gasteiger partial charge in [0, 0.05) is 60.4 Å². The van der Waals surface area contributed by atoms with Crippen LogP contribution in [0.5, 0.6) is 0 Å².